The minimum absolute atomic E-state index is 1.39. The molecule has 0 aromatic carbocycles. The number of aromatic nitrogens is 5. The molecule has 0 saturated heterocycles. The van der Waals surface area contributed by atoms with E-state index in [9.17, 15) is 0 Å². The van der Waals surface area contributed by atoms with Crippen molar-refractivity contribution >= 4 is 0 Å². The van der Waals surface area contributed by atoms with Gasteiger partial charge in [0.25, 0.3) is 0 Å². The normalized spacial score (nSPS) is 9.43. The van der Waals surface area contributed by atoms with E-state index < -0.39 is 0 Å². The summed E-state index contributed by atoms with van der Waals surface area (Å²) in [4.78, 5) is 2.78. The maximum atomic E-state index is 3.72. The number of rotatable bonds is 0. The molecule has 0 aliphatic rings. The maximum absolute atomic E-state index is 3.72. The summed E-state index contributed by atoms with van der Waals surface area (Å²) in [6.45, 7) is 0. The summed E-state index contributed by atoms with van der Waals surface area (Å²) in [5.41, 5.74) is 0. The standard InChI is InChI=1S/C2H6N5/c1-6-3-4-7(2)5-6/h1-2H3/q+1. The highest BCUT2D eigenvalue weighted by atomic mass is 15.8. The number of hydrogen-bond acceptors (Lipinski definition) is 3. The second-order valence-corrected chi connectivity index (χ2v) is 1.25. The van der Waals surface area contributed by atoms with Crippen molar-refractivity contribution in [3.8, 4) is 0 Å². The summed E-state index contributed by atoms with van der Waals surface area (Å²) in [5.74, 6) is 0. The summed E-state index contributed by atoms with van der Waals surface area (Å²) in [5, 5.41) is 10.8. The molecule has 1 aromatic rings. The Morgan fingerprint density at radius 2 is 2.29 bits per heavy atom. The van der Waals surface area contributed by atoms with Gasteiger partial charge in [-0.15, -0.1) is 0 Å². The quantitative estimate of drug-likeness (QED) is 0.355. The Morgan fingerprint density at radius 1 is 1.57 bits per heavy atom. The average Bonchev–Trinajstić information content (AvgIpc) is 1.87. The number of aryl methyl sites for hydroxylation is 2. The van der Waals surface area contributed by atoms with Gasteiger partial charge in [-0.2, -0.15) is 0 Å². The lowest BCUT2D eigenvalue weighted by atomic mass is 11.5. The van der Waals surface area contributed by atoms with Crippen LogP contribution in [0.5, 0.6) is 0 Å². The van der Waals surface area contributed by atoms with Crippen LogP contribution in [0.1, 0.15) is 0 Å². The van der Waals surface area contributed by atoms with E-state index in [0.717, 1.165) is 0 Å². The van der Waals surface area contributed by atoms with E-state index in [1.165, 1.54) is 9.59 Å². The lowest BCUT2D eigenvalue weighted by Gasteiger charge is -1.63. The van der Waals surface area contributed by atoms with Crippen LogP contribution in [0, 0.1) is 0 Å². The molecular formula is C2H6N5+. The van der Waals surface area contributed by atoms with Crippen molar-refractivity contribution in [3.63, 3.8) is 0 Å². The van der Waals surface area contributed by atoms with Crippen molar-refractivity contribution in [1.82, 2.24) is 20.4 Å². The Kier molecular flexibility index (Phi) is 0.744. The molecule has 0 bridgehead atoms. The van der Waals surface area contributed by atoms with Gasteiger partial charge in [0, 0.05) is 4.80 Å². The molecule has 0 saturated carbocycles. The molecule has 38 valence electrons. The first-order chi connectivity index (χ1) is 3.29. The highest BCUT2D eigenvalue weighted by Crippen LogP contribution is 1.46. The van der Waals surface area contributed by atoms with Crippen LogP contribution in [0.3, 0.4) is 0 Å². The van der Waals surface area contributed by atoms with Crippen molar-refractivity contribution in [1.29, 1.82) is 0 Å². The van der Waals surface area contributed by atoms with Gasteiger partial charge in [-0.25, -0.2) is 0 Å². The van der Waals surface area contributed by atoms with Gasteiger partial charge in [-0.3, -0.25) is 0 Å². The summed E-state index contributed by atoms with van der Waals surface area (Å²) >= 11 is 0. The molecule has 1 rings (SSSR count). The van der Waals surface area contributed by atoms with E-state index in [2.05, 4.69) is 15.6 Å². The Balaban J connectivity index is 3.04. The van der Waals surface area contributed by atoms with Crippen LogP contribution in [0.2, 0.25) is 0 Å². The van der Waals surface area contributed by atoms with Gasteiger partial charge in [0.15, 0.2) is 5.21 Å². The Morgan fingerprint density at radius 3 is 2.43 bits per heavy atom. The fraction of sp³-hybridized carbons (Fsp3) is 1.00. The van der Waals surface area contributed by atoms with Gasteiger partial charge < -0.3 is 0 Å². The van der Waals surface area contributed by atoms with Crippen molar-refractivity contribution < 1.29 is 4.80 Å². The van der Waals surface area contributed by atoms with Crippen LogP contribution in [-0.2, 0) is 14.1 Å². The molecule has 0 N–H and O–H groups in total. The molecule has 0 spiro atoms. The molecule has 0 aliphatic heterocycles. The molecule has 1 aromatic heterocycles. The molecule has 1 heterocycles. The third-order valence-electron chi connectivity index (χ3n) is 0.558. The van der Waals surface area contributed by atoms with Crippen molar-refractivity contribution in [2.24, 2.45) is 14.1 Å². The summed E-state index contributed by atoms with van der Waals surface area (Å²) in [7, 11) is 3.43. The van der Waals surface area contributed by atoms with Gasteiger partial charge in [0.1, 0.15) is 19.3 Å². The van der Waals surface area contributed by atoms with E-state index >= 15 is 0 Å². The van der Waals surface area contributed by atoms with Crippen LogP contribution in [0.4, 0.5) is 0 Å². The van der Waals surface area contributed by atoms with Crippen LogP contribution in [0.15, 0.2) is 0 Å². The van der Waals surface area contributed by atoms with Gasteiger partial charge in [-0.05, 0) is 4.80 Å². The molecule has 0 unspecified atom stereocenters. The molecule has 0 radical (unpaired) electrons. The first-order valence-corrected chi connectivity index (χ1v) is 1.89. The predicted molar refractivity (Wildman–Crippen MR) is 20.0 cm³/mol. The van der Waals surface area contributed by atoms with Gasteiger partial charge in [-0.1, -0.05) is 0 Å². The number of hydrogen-bond donors (Lipinski definition) is 0. The predicted octanol–water partition coefficient (Wildman–Crippen LogP) is -1.97. The van der Waals surface area contributed by atoms with E-state index in [1.807, 2.05) is 0 Å². The van der Waals surface area contributed by atoms with Crippen LogP contribution >= 0.6 is 0 Å². The second-order valence-electron chi connectivity index (χ2n) is 1.25. The molecule has 0 atom stereocenters. The molecule has 0 aliphatic carbocycles. The van der Waals surface area contributed by atoms with Crippen LogP contribution < -0.4 is 4.80 Å². The molecule has 7 heavy (non-hydrogen) atoms. The number of nitrogens with zero attached hydrogens (tertiary/aromatic N) is 5. The van der Waals surface area contributed by atoms with E-state index in [1.54, 1.807) is 14.1 Å². The van der Waals surface area contributed by atoms with Gasteiger partial charge >= 0.3 is 0 Å². The zero-order chi connectivity index (χ0) is 5.28. The van der Waals surface area contributed by atoms with Crippen LogP contribution in [0.25, 0.3) is 0 Å². The third kappa shape index (κ3) is 0.703. The summed E-state index contributed by atoms with van der Waals surface area (Å²) in [6, 6.07) is 0. The Hall–Kier alpha value is -1.00. The highest BCUT2D eigenvalue weighted by molar-refractivity contribution is 3.92. The third-order valence-corrected chi connectivity index (χ3v) is 0.558. The highest BCUT2D eigenvalue weighted by Gasteiger charge is 1.94. The minimum atomic E-state index is 1.39. The van der Waals surface area contributed by atoms with E-state index in [-0.39, 0.29) is 0 Å². The van der Waals surface area contributed by atoms with Gasteiger partial charge in [0.05, 0.1) is 5.21 Å². The fourth-order valence-corrected chi connectivity index (χ4v) is 0.339. The van der Waals surface area contributed by atoms with Crippen LogP contribution in [-0.4, -0.2) is 20.4 Å². The summed E-state index contributed by atoms with van der Waals surface area (Å²) < 4.78 is 0. The topological polar surface area (TPSA) is 47.5 Å². The van der Waals surface area contributed by atoms with Crippen molar-refractivity contribution in [2.75, 3.05) is 0 Å². The average molecular weight is 100 g/mol. The summed E-state index contributed by atoms with van der Waals surface area (Å²) in [6.07, 6.45) is 0. The Labute approximate surface area is 40.5 Å². The smallest absolute Gasteiger partial charge is 0.0463 e. The SMILES string of the molecule is Cn1nn[n+](C)n1. The monoisotopic (exact) mass is 100 g/mol. The molecule has 0 fully saturated rings. The van der Waals surface area contributed by atoms with Crippen molar-refractivity contribution in [3.05, 3.63) is 0 Å². The first kappa shape index (κ1) is 4.17. The first-order valence-electron chi connectivity index (χ1n) is 1.89. The zero-order valence-corrected chi connectivity index (χ0v) is 4.24. The maximum Gasteiger partial charge on any atom is 0.189 e. The zero-order valence-electron chi connectivity index (χ0n) is 4.24. The second kappa shape index (κ2) is 1.25. The molecule has 5 heteroatoms. The largest absolute Gasteiger partial charge is 0.189 e. The van der Waals surface area contributed by atoms with E-state index in [4.69, 9.17) is 0 Å². The lowest BCUT2D eigenvalue weighted by Crippen LogP contribution is -2.34. The van der Waals surface area contributed by atoms with E-state index in [0.29, 0.717) is 0 Å². The van der Waals surface area contributed by atoms with Crippen molar-refractivity contribution in [2.45, 2.75) is 0 Å². The minimum Gasteiger partial charge on any atom is -0.0463 e. The molecule has 0 amide bonds. The molecular weight excluding hydrogens is 94.1 g/mol. The molecule has 5 nitrogen and oxygen atoms in total. The van der Waals surface area contributed by atoms with Gasteiger partial charge in [0.2, 0.25) is 0 Å². The Bertz CT molecular complexity index is 138. The fourth-order valence-electron chi connectivity index (χ4n) is 0.339. The lowest BCUT2D eigenvalue weighted by molar-refractivity contribution is -0.787.